The van der Waals surface area contributed by atoms with Gasteiger partial charge >= 0.3 is 0 Å². The summed E-state index contributed by atoms with van der Waals surface area (Å²) in [5.41, 5.74) is 3.29. The Balaban J connectivity index is 1.98. The zero-order valence-corrected chi connectivity index (χ0v) is 12.2. The summed E-state index contributed by atoms with van der Waals surface area (Å²) in [6, 6.07) is 0. The molecule has 5 heteroatoms. The van der Waals surface area contributed by atoms with E-state index in [1.54, 1.807) is 6.92 Å². The number of aryl methyl sites for hydroxylation is 2. The summed E-state index contributed by atoms with van der Waals surface area (Å²) in [4.78, 5) is 24.6. The van der Waals surface area contributed by atoms with E-state index in [2.05, 4.69) is 21.8 Å². The molecule has 0 atom stereocenters. The average molecular weight is 262 g/mol. The van der Waals surface area contributed by atoms with Crippen LogP contribution < -0.4 is 0 Å². The number of carbonyl (C=O) groups is 1. The minimum absolute atomic E-state index is 0.165. The van der Waals surface area contributed by atoms with Crippen LogP contribution in [0.4, 0.5) is 0 Å². The third kappa shape index (κ3) is 3.29. The molecule has 1 fully saturated rings. The summed E-state index contributed by atoms with van der Waals surface area (Å²) in [5, 5.41) is 0. The van der Waals surface area contributed by atoms with Gasteiger partial charge in [-0.1, -0.05) is 0 Å². The van der Waals surface area contributed by atoms with E-state index in [1.165, 1.54) is 5.56 Å². The second kappa shape index (κ2) is 5.65. The van der Waals surface area contributed by atoms with E-state index in [0.29, 0.717) is 0 Å². The van der Waals surface area contributed by atoms with Gasteiger partial charge in [0.1, 0.15) is 5.82 Å². The molecule has 5 nitrogen and oxygen atoms in total. The van der Waals surface area contributed by atoms with Gasteiger partial charge in [-0.05, 0) is 26.3 Å². The first kappa shape index (κ1) is 13.9. The summed E-state index contributed by atoms with van der Waals surface area (Å²) >= 11 is 0. The van der Waals surface area contributed by atoms with E-state index >= 15 is 0 Å². The molecule has 1 amide bonds. The van der Waals surface area contributed by atoms with E-state index < -0.39 is 0 Å². The van der Waals surface area contributed by atoms with Gasteiger partial charge in [-0.25, -0.2) is 9.97 Å². The highest BCUT2D eigenvalue weighted by Crippen LogP contribution is 2.11. The van der Waals surface area contributed by atoms with Crippen molar-refractivity contribution in [3.63, 3.8) is 0 Å². The number of hydrogen-bond acceptors (Lipinski definition) is 4. The Bertz CT molecular complexity index is 455. The largest absolute Gasteiger partial charge is 0.340 e. The van der Waals surface area contributed by atoms with Crippen molar-refractivity contribution in [3.05, 3.63) is 22.8 Å². The average Bonchev–Trinajstić information content (AvgIpc) is 2.36. The van der Waals surface area contributed by atoms with Crippen LogP contribution >= 0.6 is 0 Å². The van der Waals surface area contributed by atoms with Gasteiger partial charge in [-0.3, -0.25) is 9.69 Å². The van der Waals surface area contributed by atoms with Crippen molar-refractivity contribution in [2.75, 3.05) is 26.2 Å². The van der Waals surface area contributed by atoms with Crippen molar-refractivity contribution in [1.29, 1.82) is 0 Å². The first-order valence-electron chi connectivity index (χ1n) is 6.76. The number of carbonyl (C=O) groups excluding carboxylic acids is 1. The normalized spacial score (nSPS) is 16.7. The molecule has 1 saturated heterocycles. The maximum absolute atomic E-state index is 11.3. The zero-order chi connectivity index (χ0) is 14.0. The minimum Gasteiger partial charge on any atom is -0.340 e. The van der Waals surface area contributed by atoms with Gasteiger partial charge in [-0.2, -0.15) is 0 Å². The van der Waals surface area contributed by atoms with Crippen LogP contribution in [0.25, 0.3) is 0 Å². The van der Waals surface area contributed by atoms with Crippen molar-refractivity contribution >= 4 is 5.91 Å². The molecule has 19 heavy (non-hydrogen) atoms. The van der Waals surface area contributed by atoms with Crippen LogP contribution in [0.15, 0.2) is 0 Å². The van der Waals surface area contributed by atoms with E-state index in [4.69, 9.17) is 0 Å². The van der Waals surface area contributed by atoms with Gasteiger partial charge in [0.2, 0.25) is 5.91 Å². The molecule has 0 aromatic carbocycles. The predicted octanol–water partition coefficient (Wildman–Crippen LogP) is 1.07. The highest BCUT2D eigenvalue weighted by molar-refractivity contribution is 5.73. The molecule has 104 valence electrons. The molecule has 2 rings (SSSR count). The molecule has 0 spiro atoms. The maximum Gasteiger partial charge on any atom is 0.219 e. The molecule has 0 aliphatic carbocycles. The van der Waals surface area contributed by atoms with Crippen LogP contribution in [0.2, 0.25) is 0 Å². The zero-order valence-electron chi connectivity index (χ0n) is 12.2. The molecule has 1 aromatic rings. The molecule has 0 radical (unpaired) electrons. The van der Waals surface area contributed by atoms with Crippen LogP contribution in [0.5, 0.6) is 0 Å². The SMILES string of the molecule is CC(=O)N1CCN(Cc2nc(C)c(C)c(C)n2)CC1. The first-order chi connectivity index (χ1) is 8.97. The molecular formula is C14H22N4O. The lowest BCUT2D eigenvalue weighted by Gasteiger charge is -2.33. The number of piperazine rings is 1. The standard InChI is InChI=1S/C14H22N4O/c1-10-11(2)15-14(16-12(10)3)9-17-5-7-18(8-6-17)13(4)19/h5-9H2,1-4H3. The Kier molecular flexibility index (Phi) is 4.14. The highest BCUT2D eigenvalue weighted by atomic mass is 16.2. The number of rotatable bonds is 2. The monoisotopic (exact) mass is 262 g/mol. The lowest BCUT2D eigenvalue weighted by molar-refractivity contribution is -0.130. The van der Waals surface area contributed by atoms with Gasteiger partial charge in [0.05, 0.1) is 6.54 Å². The molecule has 0 bridgehead atoms. The van der Waals surface area contributed by atoms with Crippen LogP contribution in [-0.2, 0) is 11.3 Å². The smallest absolute Gasteiger partial charge is 0.219 e. The van der Waals surface area contributed by atoms with Gasteiger partial charge in [0, 0.05) is 44.5 Å². The fourth-order valence-corrected chi connectivity index (χ4v) is 2.33. The van der Waals surface area contributed by atoms with E-state index in [0.717, 1.165) is 49.9 Å². The lowest BCUT2D eigenvalue weighted by Crippen LogP contribution is -2.47. The van der Waals surface area contributed by atoms with Crippen LogP contribution in [0.3, 0.4) is 0 Å². The molecule has 1 aliphatic rings. The van der Waals surface area contributed by atoms with Gasteiger partial charge < -0.3 is 4.90 Å². The number of nitrogens with zero attached hydrogens (tertiary/aromatic N) is 4. The second-order valence-electron chi connectivity index (χ2n) is 5.22. The van der Waals surface area contributed by atoms with Crippen LogP contribution in [-0.4, -0.2) is 51.9 Å². The van der Waals surface area contributed by atoms with E-state index in [1.807, 2.05) is 18.7 Å². The molecular weight excluding hydrogens is 240 g/mol. The Labute approximate surface area is 114 Å². The van der Waals surface area contributed by atoms with Crippen molar-refractivity contribution < 1.29 is 4.79 Å². The first-order valence-corrected chi connectivity index (χ1v) is 6.76. The Morgan fingerprint density at radius 3 is 2.05 bits per heavy atom. The lowest BCUT2D eigenvalue weighted by atomic mass is 10.2. The number of aromatic nitrogens is 2. The number of amides is 1. The summed E-state index contributed by atoms with van der Waals surface area (Å²) in [7, 11) is 0. The molecule has 0 N–H and O–H groups in total. The Morgan fingerprint density at radius 1 is 1.05 bits per heavy atom. The van der Waals surface area contributed by atoms with E-state index in [-0.39, 0.29) is 5.91 Å². The third-order valence-electron chi connectivity index (χ3n) is 3.86. The summed E-state index contributed by atoms with van der Waals surface area (Å²) in [6.07, 6.45) is 0. The van der Waals surface area contributed by atoms with Crippen LogP contribution in [0, 0.1) is 20.8 Å². The Hall–Kier alpha value is -1.49. The Morgan fingerprint density at radius 2 is 1.58 bits per heavy atom. The summed E-state index contributed by atoms with van der Waals surface area (Å²) < 4.78 is 0. The summed E-state index contributed by atoms with van der Waals surface area (Å²) in [6.45, 7) is 11.9. The molecule has 1 aromatic heterocycles. The molecule has 0 unspecified atom stereocenters. The van der Waals surface area contributed by atoms with Gasteiger partial charge in [0.15, 0.2) is 0 Å². The fourth-order valence-electron chi connectivity index (χ4n) is 2.33. The molecule has 1 aliphatic heterocycles. The minimum atomic E-state index is 0.165. The summed E-state index contributed by atoms with van der Waals surface area (Å²) in [5.74, 6) is 1.05. The topological polar surface area (TPSA) is 49.3 Å². The van der Waals surface area contributed by atoms with Crippen molar-refractivity contribution in [1.82, 2.24) is 19.8 Å². The quantitative estimate of drug-likeness (QED) is 0.800. The van der Waals surface area contributed by atoms with Crippen molar-refractivity contribution in [3.8, 4) is 0 Å². The molecule has 0 saturated carbocycles. The molecule has 2 heterocycles. The fraction of sp³-hybridized carbons (Fsp3) is 0.643. The van der Waals surface area contributed by atoms with E-state index in [9.17, 15) is 4.79 Å². The number of hydrogen-bond donors (Lipinski definition) is 0. The van der Waals surface area contributed by atoms with Crippen molar-refractivity contribution in [2.45, 2.75) is 34.2 Å². The van der Waals surface area contributed by atoms with Gasteiger partial charge in [0.25, 0.3) is 0 Å². The highest BCUT2D eigenvalue weighted by Gasteiger charge is 2.19. The maximum atomic E-state index is 11.3. The predicted molar refractivity (Wildman–Crippen MR) is 73.8 cm³/mol. The van der Waals surface area contributed by atoms with Crippen molar-refractivity contribution in [2.24, 2.45) is 0 Å². The van der Waals surface area contributed by atoms with Crippen LogP contribution in [0.1, 0.15) is 29.7 Å². The third-order valence-corrected chi connectivity index (χ3v) is 3.86. The van der Waals surface area contributed by atoms with Gasteiger partial charge in [-0.15, -0.1) is 0 Å². The second-order valence-corrected chi connectivity index (χ2v) is 5.22.